The topological polar surface area (TPSA) is 63.4 Å². The van der Waals surface area contributed by atoms with Crippen LogP contribution in [0.1, 0.15) is 13.3 Å². The average molecular weight is 262 g/mol. The highest BCUT2D eigenvalue weighted by Crippen LogP contribution is 2.38. The van der Waals surface area contributed by atoms with E-state index in [0.29, 0.717) is 16.3 Å². The van der Waals surface area contributed by atoms with Crippen LogP contribution in [-0.2, 0) is 0 Å². The standard InChI is InChI=1S/C10H12ClNO3S/c1-7(5-6-13)16-10-8(11)3-2-4-9(10)12(14)15/h2-4,7,13H,5-6H2,1H3. The third-order valence-electron chi connectivity index (χ3n) is 2.00. The molecule has 0 aromatic heterocycles. The summed E-state index contributed by atoms with van der Waals surface area (Å²) >= 11 is 7.25. The zero-order valence-corrected chi connectivity index (χ0v) is 10.3. The second kappa shape index (κ2) is 6.08. The van der Waals surface area contributed by atoms with Crippen molar-refractivity contribution in [3.8, 4) is 0 Å². The third kappa shape index (κ3) is 3.37. The van der Waals surface area contributed by atoms with Gasteiger partial charge in [-0.05, 0) is 12.5 Å². The first kappa shape index (κ1) is 13.3. The Morgan fingerprint density at radius 2 is 2.31 bits per heavy atom. The molecule has 1 rings (SSSR count). The number of benzene rings is 1. The molecule has 0 saturated carbocycles. The lowest BCUT2D eigenvalue weighted by molar-refractivity contribution is -0.387. The van der Waals surface area contributed by atoms with Crippen molar-refractivity contribution in [1.29, 1.82) is 0 Å². The first-order valence-corrected chi connectivity index (χ1v) is 6.02. The summed E-state index contributed by atoms with van der Waals surface area (Å²) in [5.74, 6) is 0. The predicted molar refractivity (Wildman–Crippen MR) is 65.1 cm³/mol. The van der Waals surface area contributed by atoms with Gasteiger partial charge in [0.2, 0.25) is 0 Å². The predicted octanol–water partition coefficient (Wildman–Crippen LogP) is 3.11. The Balaban J connectivity index is 2.97. The molecule has 0 bridgehead atoms. The number of nitro groups is 1. The molecule has 0 aliphatic carbocycles. The molecule has 0 amide bonds. The number of nitrogens with zero attached hydrogens (tertiary/aromatic N) is 1. The van der Waals surface area contributed by atoms with E-state index in [1.807, 2.05) is 6.92 Å². The van der Waals surface area contributed by atoms with Crippen molar-refractivity contribution in [2.45, 2.75) is 23.5 Å². The van der Waals surface area contributed by atoms with Gasteiger partial charge < -0.3 is 5.11 Å². The van der Waals surface area contributed by atoms with Crippen molar-refractivity contribution in [3.05, 3.63) is 33.3 Å². The van der Waals surface area contributed by atoms with E-state index in [0.717, 1.165) is 0 Å². The van der Waals surface area contributed by atoms with Crippen molar-refractivity contribution in [3.63, 3.8) is 0 Å². The van der Waals surface area contributed by atoms with Gasteiger partial charge in [0.1, 0.15) is 4.90 Å². The van der Waals surface area contributed by atoms with Gasteiger partial charge in [-0.3, -0.25) is 10.1 Å². The van der Waals surface area contributed by atoms with Gasteiger partial charge in [-0.1, -0.05) is 24.6 Å². The van der Waals surface area contributed by atoms with Crippen LogP contribution in [0.4, 0.5) is 5.69 Å². The van der Waals surface area contributed by atoms with Crippen LogP contribution in [0, 0.1) is 10.1 Å². The molecule has 0 heterocycles. The van der Waals surface area contributed by atoms with Crippen molar-refractivity contribution in [2.24, 2.45) is 0 Å². The lowest BCUT2D eigenvalue weighted by Crippen LogP contribution is -2.01. The summed E-state index contributed by atoms with van der Waals surface area (Å²) in [6.07, 6.45) is 0.576. The van der Waals surface area contributed by atoms with Gasteiger partial charge in [-0.2, -0.15) is 0 Å². The Labute approximate surface area is 103 Å². The van der Waals surface area contributed by atoms with E-state index >= 15 is 0 Å². The molecule has 0 aliphatic heterocycles. The quantitative estimate of drug-likeness (QED) is 0.503. The Morgan fingerprint density at radius 1 is 1.62 bits per heavy atom. The summed E-state index contributed by atoms with van der Waals surface area (Å²) in [7, 11) is 0. The Morgan fingerprint density at radius 3 is 2.88 bits per heavy atom. The monoisotopic (exact) mass is 261 g/mol. The van der Waals surface area contributed by atoms with Gasteiger partial charge in [0.05, 0.1) is 9.95 Å². The van der Waals surface area contributed by atoms with E-state index in [-0.39, 0.29) is 17.5 Å². The van der Waals surface area contributed by atoms with E-state index in [9.17, 15) is 10.1 Å². The normalized spacial score (nSPS) is 12.4. The zero-order chi connectivity index (χ0) is 12.1. The fourth-order valence-corrected chi connectivity index (χ4v) is 2.57. The molecular weight excluding hydrogens is 250 g/mol. The first-order chi connectivity index (χ1) is 7.56. The number of hydrogen-bond acceptors (Lipinski definition) is 4. The van der Waals surface area contributed by atoms with Gasteiger partial charge in [0.25, 0.3) is 5.69 Å². The molecule has 0 aliphatic rings. The van der Waals surface area contributed by atoms with E-state index in [4.69, 9.17) is 16.7 Å². The molecule has 1 N–H and O–H groups in total. The number of rotatable bonds is 5. The maximum atomic E-state index is 10.8. The number of nitro benzene ring substituents is 1. The van der Waals surface area contributed by atoms with Crippen LogP contribution in [0.25, 0.3) is 0 Å². The second-order valence-corrected chi connectivity index (χ2v) is 5.14. The van der Waals surface area contributed by atoms with E-state index < -0.39 is 4.92 Å². The maximum Gasteiger partial charge on any atom is 0.284 e. The van der Waals surface area contributed by atoms with E-state index in [1.165, 1.54) is 17.8 Å². The van der Waals surface area contributed by atoms with Gasteiger partial charge in [0, 0.05) is 17.9 Å². The van der Waals surface area contributed by atoms with Crippen LogP contribution >= 0.6 is 23.4 Å². The molecular formula is C10H12ClNO3S. The van der Waals surface area contributed by atoms with Crippen molar-refractivity contribution in [2.75, 3.05) is 6.61 Å². The van der Waals surface area contributed by atoms with Crippen LogP contribution in [0.3, 0.4) is 0 Å². The number of thioether (sulfide) groups is 1. The molecule has 1 atom stereocenters. The Bertz CT molecular complexity index is 386. The van der Waals surface area contributed by atoms with Gasteiger partial charge in [-0.15, -0.1) is 11.8 Å². The molecule has 1 unspecified atom stereocenters. The van der Waals surface area contributed by atoms with Crippen molar-refractivity contribution in [1.82, 2.24) is 0 Å². The highest BCUT2D eigenvalue weighted by Gasteiger charge is 2.19. The van der Waals surface area contributed by atoms with E-state index in [2.05, 4.69) is 0 Å². The van der Waals surface area contributed by atoms with Crippen LogP contribution < -0.4 is 0 Å². The second-order valence-electron chi connectivity index (χ2n) is 3.29. The molecule has 0 saturated heterocycles. The summed E-state index contributed by atoms with van der Waals surface area (Å²) in [6.45, 7) is 1.96. The van der Waals surface area contributed by atoms with Gasteiger partial charge >= 0.3 is 0 Å². The smallest absolute Gasteiger partial charge is 0.284 e. The molecule has 6 heteroatoms. The minimum atomic E-state index is -0.445. The summed E-state index contributed by atoms with van der Waals surface area (Å²) < 4.78 is 0. The molecule has 16 heavy (non-hydrogen) atoms. The first-order valence-electron chi connectivity index (χ1n) is 4.76. The maximum absolute atomic E-state index is 10.8. The largest absolute Gasteiger partial charge is 0.396 e. The lowest BCUT2D eigenvalue weighted by Gasteiger charge is -2.10. The summed E-state index contributed by atoms with van der Waals surface area (Å²) in [4.78, 5) is 10.8. The van der Waals surface area contributed by atoms with Gasteiger partial charge in [0.15, 0.2) is 0 Å². The molecule has 0 spiro atoms. The van der Waals surface area contributed by atoms with Crippen LogP contribution in [0.15, 0.2) is 23.1 Å². The Hall–Kier alpha value is -0.780. The average Bonchev–Trinajstić information content (AvgIpc) is 2.21. The molecule has 1 aromatic rings. The summed E-state index contributed by atoms with van der Waals surface area (Å²) in [5.41, 5.74) is 0.0160. The van der Waals surface area contributed by atoms with Gasteiger partial charge in [-0.25, -0.2) is 0 Å². The molecule has 0 fully saturated rings. The number of halogens is 1. The van der Waals surface area contributed by atoms with Crippen molar-refractivity contribution >= 4 is 29.1 Å². The number of aliphatic hydroxyl groups is 1. The highest BCUT2D eigenvalue weighted by molar-refractivity contribution is 8.00. The van der Waals surface area contributed by atoms with Crippen LogP contribution in [0.5, 0.6) is 0 Å². The highest BCUT2D eigenvalue weighted by atomic mass is 35.5. The molecule has 88 valence electrons. The fraction of sp³-hybridized carbons (Fsp3) is 0.400. The SMILES string of the molecule is CC(CCO)Sc1c(Cl)cccc1[N+](=O)[O-]. The molecule has 0 radical (unpaired) electrons. The Kier molecular flexibility index (Phi) is 5.05. The summed E-state index contributed by atoms with van der Waals surface area (Å²) in [6, 6.07) is 4.61. The number of aliphatic hydroxyl groups excluding tert-OH is 1. The minimum absolute atomic E-state index is 0.0160. The molecule has 1 aromatic carbocycles. The zero-order valence-electron chi connectivity index (χ0n) is 8.72. The van der Waals surface area contributed by atoms with Crippen LogP contribution in [0.2, 0.25) is 5.02 Å². The third-order valence-corrected chi connectivity index (χ3v) is 3.73. The molecule has 4 nitrogen and oxygen atoms in total. The lowest BCUT2D eigenvalue weighted by atomic mass is 10.3. The van der Waals surface area contributed by atoms with Crippen molar-refractivity contribution < 1.29 is 10.0 Å². The van der Waals surface area contributed by atoms with E-state index in [1.54, 1.807) is 12.1 Å². The minimum Gasteiger partial charge on any atom is -0.396 e. The summed E-state index contributed by atoms with van der Waals surface area (Å²) in [5, 5.41) is 20.0. The fourth-order valence-electron chi connectivity index (χ4n) is 1.20. The number of hydrogen-bond donors (Lipinski definition) is 1. The van der Waals surface area contributed by atoms with Crippen LogP contribution in [-0.4, -0.2) is 21.9 Å².